The van der Waals surface area contributed by atoms with Gasteiger partial charge in [-0.05, 0) is 35.7 Å². The summed E-state index contributed by atoms with van der Waals surface area (Å²) in [5.74, 6) is 0.472. The van der Waals surface area contributed by atoms with Crippen LogP contribution in [-0.4, -0.2) is 17.4 Å². The smallest absolute Gasteiger partial charge is 0.255 e. The van der Waals surface area contributed by atoms with E-state index in [0.29, 0.717) is 24.5 Å². The summed E-state index contributed by atoms with van der Waals surface area (Å²) in [5, 5.41) is 4.21. The molecule has 0 aliphatic carbocycles. The van der Waals surface area contributed by atoms with Gasteiger partial charge in [0, 0.05) is 23.6 Å². The van der Waals surface area contributed by atoms with Crippen LogP contribution in [-0.2, 0) is 13.0 Å². The Labute approximate surface area is 164 Å². The molecule has 1 aromatic heterocycles. The van der Waals surface area contributed by atoms with E-state index in [1.807, 2.05) is 66.9 Å². The molecule has 4 heteroatoms. The van der Waals surface area contributed by atoms with Gasteiger partial charge in [-0.25, -0.2) is 0 Å². The fourth-order valence-corrected chi connectivity index (χ4v) is 3.26. The average Bonchev–Trinajstić information content (AvgIpc) is 3.16. The number of hydrogen-bond acceptors (Lipinski definition) is 2. The number of carbonyl (C=O) groups is 1. The maximum absolute atomic E-state index is 12.7. The highest BCUT2D eigenvalue weighted by Gasteiger charge is 2.12. The van der Waals surface area contributed by atoms with Crippen LogP contribution in [0.5, 0.6) is 5.75 Å². The monoisotopic (exact) mass is 370 g/mol. The van der Waals surface area contributed by atoms with Gasteiger partial charge in [-0.2, -0.15) is 0 Å². The summed E-state index contributed by atoms with van der Waals surface area (Å²) in [4.78, 5) is 15.9. The van der Waals surface area contributed by atoms with Crippen LogP contribution in [0.4, 0.5) is 0 Å². The molecule has 0 aliphatic heterocycles. The van der Waals surface area contributed by atoms with E-state index in [-0.39, 0.29) is 5.91 Å². The van der Waals surface area contributed by atoms with Crippen LogP contribution in [0.25, 0.3) is 10.9 Å². The molecule has 3 aromatic carbocycles. The van der Waals surface area contributed by atoms with E-state index in [9.17, 15) is 4.79 Å². The van der Waals surface area contributed by atoms with Crippen molar-refractivity contribution < 1.29 is 9.53 Å². The van der Waals surface area contributed by atoms with Crippen LogP contribution in [0, 0.1) is 0 Å². The molecule has 4 rings (SSSR count). The highest BCUT2D eigenvalue weighted by atomic mass is 16.5. The summed E-state index contributed by atoms with van der Waals surface area (Å²) in [6.07, 6.45) is 2.77. The lowest BCUT2D eigenvalue weighted by Gasteiger charge is -2.12. The standard InChI is InChI=1S/C24H22N2O2/c27-24(25-15-14-19-16-26-22-12-6-4-10-20(19)22)21-11-5-7-13-23(21)28-17-18-8-2-1-3-9-18/h1-13,16,26H,14-15,17H2,(H,25,27). The van der Waals surface area contributed by atoms with Gasteiger partial charge in [-0.3, -0.25) is 4.79 Å². The molecule has 0 unspecified atom stereocenters. The lowest BCUT2D eigenvalue weighted by atomic mass is 10.1. The molecule has 4 nitrogen and oxygen atoms in total. The summed E-state index contributed by atoms with van der Waals surface area (Å²) in [5.41, 5.74) is 3.93. The van der Waals surface area contributed by atoms with Crippen molar-refractivity contribution >= 4 is 16.8 Å². The molecule has 0 aliphatic rings. The molecule has 0 atom stereocenters. The Morgan fingerprint density at radius 3 is 2.54 bits per heavy atom. The Hall–Kier alpha value is -3.53. The van der Waals surface area contributed by atoms with Crippen LogP contribution < -0.4 is 10.1 Å². The number of ether oxygens (including phenoxy) is 1. The number of aromatic nitrogens is 1. The second-order valence-corrected chi connectivity index (χ2v) is 6.64. The van der Waals surface area contributed by atoms with E-state index in [1.165, 1.54) is 10.9 Å². The summed E-state index contributed by atoms with van der Waals surface area (Å²) in [7, 11) is 0. The molecule has 0 radical (unpaired) electrons. The Morgan fingerprint density at radius 1 is 0.893 bits per heavy atom. The number of aromatic amines is 1. The van der Waals surface area contributed by atoms with Gasteiger partial charge < -0.3 is 15.0 Å². The lowest BCUT2D eigenvalue weighted by Crippen LogP contribution is -2.26. The molecular weight excluding hydrogens is 348 g/mol. The van der Waals surface area contributed by atoms with Gasteiger partial charge in [0.05, 0.1) is 5.56 Å². The number of carbonyl (C=O) groups excluding carboxylic acids is 1. The molecule has 2 N–H and O–H groups in total. The van der Waals surface area contributed by atoms with Crippen LogP contribution in [0.15, 0.2) is 85.1 Å². The van der Waals surface area contributed by atoms with Crippen LogP contribution >= 0.6 is 0 Å². The van der Waals surface area contributed by atoms with Crippen molar-refractivity contribution in [3.05, 3.63) is 102 Å². The molecule has 0 bridgehead atoms. The molecule has 4 aromatic rings. The van der Waals surface area contributed by atoms with Gasteiger partial charge in [-0.15, -0.1) is 0 Å². The predicted octanol–water partition coefficient (Wildman–Crippen LogP) is 4.72. The van der Waals surface area contributed by atoms with E-state index < -0.39 is 0 Å². The van der Waals surface area contributed by atoms with Crippen molar-refractivity contribution in [1.29, 1.82) is 0 Å². The zero-order valence-electron chi connectivity index (χ0n) is 15.5. The van der Waals surface area contributed by atoms with Gasteiger partial charge >= 0.3 is 0 Å². The van der Waals surface area contributed by atoms with E-state index in [1.54, 1.807) is 6.07 Å². The first kappa shape index (κ1) is 17.9. The Balaban J connectivity index is 1.38. The Kier molecular flexibility index (Phi) is 5.38. The van der Waals surface area contributed by atoms with Crippen molar-refractivity contribution in [3.8, 4) is 5.75 Å². The van der Waals surface area contributed by atoms with E-state index >= 15 is 0 Å². The summed E-state index contributed by atoms with van der Waals surface area (Å²) < 4.78 is 5.89. The third-order valence-electron chi connectivity index (χ3n) is 4.72. The number of rotatable bonds is 7. The minimum Gasteiger partial charge on any atom is -0.488 e. The Morgan fingerprint density at radius 2 is 1.64 bits per heavy atom. The molecule has 1 heterocycles. The van der Waals surface area contributed by atoms with E-state index in [0.717, 1.165) is 17.5 Å². The van der Waals surface area contributed by atoms with Crippen molar-refractivity contribution in [2.24, 2.45) is 0 Å². The molecule has 1 amide bonds. The summed E-state index contributed by atoms with van der Waals surface area (Å²) >= 11 is 0. The maximum atomic E-state index is 12.7. The van der Waals surface area contributed by atoms with Gasteiger partial charge in [-0.1, -0.05) is 60.7 Å². The van der Waals surface area contributed by atoms with Gasteiger partial charge in [0.25, 0.3) is 5.91 Å². The van der Waals surface area contributed by atoms with Crippen LogP contribution in [0.2, 0.25) is 0 Å². The molecular formula is C24H22N2O2. The third kappa shape index (κ3) is 4.07. The fourth-order valence-electron chi connectivity index (χ4n) is 3.26. The van der Waals surface area contributed by atoms with Gasteiger partial charge in [0.15, 0.2) is 0 Å². The zero-order valence-corrected chi connectivity index (χ0v) is 15.5. The number of nitrogens with one attached hydrogen (secondary N) is 2. The van der Waals surface area contributed by atoms with Crippen LogP contribution in [0.3, 0.4) is 0 Å². The van der Waals surface area contributed by atoms with Crippen molar-refractivity contribution in [2.75, 3.05) is 6.54 Å². The predicted molar refractivity (Wildman–Crippen MR) is 112 cm³/mol. The van der Waals surface area contributed by atoms with Crippen molar-refractivity contribution in [1.82, 2.24) is 10.3 Å². The topological polar surface area (TPSA) is 54.1 Å². The number of hydrogen-bond donors (Lipinski definition) is 2. The SMILES string of the molecule is O=C(NCCc1c[nH]c2ccccc12)c1ccccc1OCc1ccccc1. The molecule has 0 spiro atoms. The minimum absolute atomic E-state index is 0.122. The summed E-state index contributed by atoms with van der Waals surface area (Å²) in [6, 6.07) is 25.5. The van der Waals surface area contributed by atoms with Crippen molar-refractivity contribution in [2.45, 2.75) is 13.0 Å². The first-order chi connectivity index (χ1) is 13.8. The summed E-state index contributed by atoms with van der Waals surface area (Å²) in [6.45, 7) is 0.994. The van der Waals surface area contributed by atoms with E-state index in [2.05, 4.69) is 22.4 Å². The highest BCUT2D eigenvalue weighted by Crippen LogP contribution is 2.20. The number of para-hydroxylation sites is 2. The molecule has 0 saturated heterocycles. The second-order valence-electron chi connectivity index (χ2n) is 6.64. The first-order valence-corrected chi connectivity index (χ1v) is 9.40. The average molecular weight is 370 g/mol. The fraction of sp³-hybridized carbons (Fsp3) is 0.125. The third-order valence-corrected chi connectivity index (χ3v) is 4.72. The molecule has 0 fully saturated rings. The van der Waals surface area contributed by atoms with Crippen molar-refractivity contribution in [3.63, 3.8) is 0 Å². The lowest BCUT2D eigenvalue weighted by molar-refractivity contribution is 0.0949. The molecule has 140 valence electrons. The second kappa shape index (κ2) is 8.44. The zero-order chi connectivity index (χ0) is 19.2. The highest BCUT2D eigenvalue weighted by molar-refractivity contribution is 5.97. The Bertz CT molecular complexity index is 1070. The number of fused-ring (bicyclic) bond motifs is 1. The number of H-pyrrole nitrogens is 1. The normalized spacial score (nSPS) is 10.7. The van der Waals surface area contributed by atoms with Gasteiger partial charge in [0.2, 0.25) is 0 Å². The quantitative estimate of drug-likeness (QED) is 0.495. The largest absolute Gasteiger partial charge is 0.488 e. The van der Waals surface area contributed by atoms with Crippen LogP contribution in [0.1, 0.15) is 21.5 Å². The number of benzene rings is 3. The first-order valence-electron chi connectivity index (χ1n) is 9.40. The van der Waals surface area contributed by atoms with E-state index in [4.69, 9.17) is 4.74 Å². The number of amides is 1. The molecule has 0 saturated carbocycles. The minimum atomic E-state index is -0.122. The molecule has 28 heavy (non-hydrogen) atoms. The maximum Gasteiger partial charge on any atom is 0.255 e. The van der Waals surface area contributed by atoms with Gasteiger partial charge in [0.1, 0.15) is 12.4 Å².